The highest BCUT2D eigenvalue weighted by Gasteiger charge is 2.27. The molecule has 3 aromatic heterocycles. The van der Waals surface area contributed by atoms with Crippen LogP contribution in [0.15, 0.2) is 35.5 Å². The zero-order valence-corrected chi connectivity index (χ0v) is 15.0. The third-order valence-electron chi connectivity index (χ3n) is 4.90. The van der Waals surface area contributed by atoms with Gasteiger partial charge >= 0.3 is 0 Å². The van der Waals surface area contributed by atoms with Crippen LogP contribution in [0, 0.1) is 6.92 Å². The van der Waals surface area contributed by atoms with Crippen LogP contribution < -0.4 is 0 Å². The zero-order valence-electron chi connectivity index (χ0n) is 14.2. The predicted octanol–water partition coefficient (Wildman–Crippen LogP) is 3.04. The smallest absolute Gasteiger partial charge is 0.255 e. The molecule has 1 saturated heterocycles. The molecule has 0 unspecified atom stereocenters. The molecule has 0 saturated carbocycles. The maximum Gasteiger partial charge on any atom is 0.255 e. The summed E-state index contributed by atoms with van der Waals surface area (Å²) in [6.07, 6.45) is 7.61. The average molecular weight is 355 g/mol. The number of hydrogen-bond acceptors (Lipinski definition) is 4. The van der Waals surface area contributed by atoms with Crippen LogP contribution in [0.3, 0.4) is 0 Å². The lowest BCUT2D eigenvalue weighted by molar-refractivity contribution is 0.0710. The molecule has 1 fully saturated rings. The van der Waals surface area contributed by atoms with Crippen molar-refractivity contribution in [3.63, 3.8) is 0 Å². The Bertz CT molecular complexity index is 843. The first kappa shape index (κ1) is 16.1. The number of H-pyrrole nitrogens is 1. The summed E-state index contributed by atoms with van der Waals surface area (Å²) >= 11 is 1.61. The van der Waals surface area contributed by atoms with Gasteiger partial charge in [0.15, 0.2) is 0 Å². The SMILES string of the molecule is Cc1[nH]ccc1C(=O)N1CCC(c2nccn2Cc2cscn2)CC1. The molecule has 1 aliphatic rings. The van der Waals surface area contributed by atoms with Gasteiger partial charge in [0.2, 0.25) is 0 Å². The van der Waals surface area contributed by atoms with E-state index in [1.165, 1.54) is 0 Å². The molecular formula is C18H21N5OS. The van der Waals surface area contributed by atoms with Gasteiger partial charge in [0.1, 0.15) is 5.82 Å². The Morgan fingerprint density at radius 3 is 2.88 bits per heavy atom. The summed E-state index contributed by atoms with van der Waals surface area (Å²) in [6.45, 7) is 4.26. The van der Waals surface area contributed by atoms with Crippen molar-refractivity contribution in [3.8, 4) is 0 Å². The van der Waals surface area contributed by atoms with Crippen molar-refractivity contribution in [2.24, 2.45) is 0 Å². The molecule has 0 aromatic carbocycles. The molecule has 25 heavy (non-hydrogen) atoms. The number of rotatable bonds is 4. The number of imidazole rings is 1. The highest BCUT2D eigenvalue weighted by molar-refractivity contribution is 7.07. The van der Waals surface area contributed by atoms with Crippen LogP contribution >= 0.6 is 11.3 Å². The molecule has 0 bridgehead atoms. The largest absolute Gasteiger partial charge is 0.365 e. The van der Waals surface area contributed by atoms with Crippen LogP contribution in [0.1, 0.15) is 46.3 Å². The van der Waals surface area contributed by atoms with E-state index < -0.39 is 0 Å². The number of aromatic nitrogens is 4. The molecule has 4 heterocycles. The molecule has 130 valence electrons. The van der Waals surface area contributed by atoms with Crippen molar-refractivity contribution >= 4 is 17.2 Å². The van der Waals surface area contributed by atoms with E-state index in [4.69, 9.17) is 0 Å². The molecule has 1 aliphatic heterocycles. The Hall–Kier alpha value is -2.41. The van der Waals surface area contributed by atoms with Crippen LogP contribution in [0.25, 0.3) is 0 Å². The molecule has 0 aliphatic carbocycles. The number of carbonyl (C=O) groups is 1. The van der Waals surface area contributed by atoms with Crippen LogP contribution in [-0.2, 0) is 6.54 Å². The van der Waals surface area contributed by atoms with Crippen LogP contribution in [0.2, 0.25) is 0 Å². The lowest BCUT2D eigenvalue weighted by Crippen LogP contribution is -2.38. The van der Waals surface area contributed by atoms with E-state index in [2.05, 4.69) is 24.9 Å². The minimum Gasteiger partial charge on any atom is -0.365 e. The number of piperidine rings is 1. The van der Waals surface area contributed by atoms with Crippen molar-refractivity contribution in [2.45, 2.75) is 32.2 Å². The molecule has 1 amide bonds. The van der Waals surface area contributed by atoms with E-state index in [0.717, 1.165) is 55.3 Å². The fourth-order valence-corrected chi connectivity index (χ4v) is 4.05. The Balaban J connectivity index is 1.42. The molecule has 4 rings (SSSR count). The molecule has 0 atom stereocenters. The zero-order chi connectivity index (χ0) is 17.2. The molecule has 3 aromatic rings. The number of amides is 1. The molecule has 1 N–H and O–H groups in total. The summed E-state index contributed by atoms with van der Waals surface area (Å²) < 4.78 is 2.19. The van der Waals surface area contributed by atoms with E-state index >= 15 is 0 Å². The average Bonchev–Trinajstić information content (AvgIpc) is 3.37. The van der Waals surface area contributed by atoms with Crippen molar-refractivity contribution in [1.29, 1.82) is 0 Å². The molecular weight excluding hydrogens is 334 g/mol. The number of nitrogens with zero attached hydrogens (tertiary/aromatic N) is 4. The van der Waals surface area contributed by atoms with Gasteiger partial charge in [-0.1, -0.05) is 0 Å². The summed E-state index contributed by atoms with van der Waals surface area (Å²) in [5.74, 6) is 1.63. The number of aromatic amines is 1. The van der Waals surface area contributed by atoms with Gasteiger partial charge in [0.05, 0.1) is 23.3 Å². The summed E-state index contributed by atoms with van der Waals surface area (Å²) in [4.78, 5) is 26.6. The summed E-state index contributed by atoms with van der Waals surface area (Å²) in [7, 11) is 0. The standard InChI is InChI=1S/C18H21N5OS/c1-13-16(2-5-19-13)18(24)22-7-3-14(4-8-22)17-20-6-9-23(17)10-15-11-25-12-21-15/h2,5-6,9,11-12,14,19H,3-4,7-8,10H2,1H3. The first-order chi connectivity index (χ1) is 12.2. The predicted molar refractivity (Wildman–Crippen MR) is 96.9 cm³/mol. The third-order valence-corrected chi connectivity index (χ3v) is 5.53. The first-order valence-electron chi connectivity index (χ1n) is 8.53. The lowest BCUT2D eigenvalue weighted by Gasteiger charge is -2.32. The topological polar surface area (TPSA) is 66.8 Å². The van der Waals surface area contributed by atoms with E-state index in [0.29, 0.717) is 5.92 Å². The molecule has 7 heteroatoms. The molecule has 0 spiro atoms. The van der Waals surface area contributed by atoms with Crippen LogP contribution in [0.5, 0.6) is 0 Å². The monoisotopic (exact) mass is 355 g/mol. The van der Waals surface area contributed by atoms with Crippen LogP contribution in [0.4, 0.5) is 0 Å². The Labute approximate surface area is 150 Å². The van der Waals surface area contributed by atoms with Gasteiger partial charge in [0.25, 0.3) is 5.91 Å². The number of nitrogens with one attached hydrogen (secondary N) is 1. The fourth-order valence-electron chi connectivity index (χ4n) is 3.50. The van der Waals surface area contributed by atoms with Crippen molar-refractivity contribution in [3.05, 3.63) is 58.3 Å². The van der Waals surface area contributed by atoms with Crippen molar-refractivity contribution in [1.82, 2.24) is 24.4 Å². The van der Waals surface area contributed by atoms with Gasteiger partial charge in [0, 0.05) is 48.7 Å². The van der Waals surface area contributed by atoms with Crippen molar-refractivity contribution in [2.75, 3.05) is 13.1 Å². The Morgan fingerprint density at radius 2 is 2.20 bits per heavy atom. The maximum atomic E-state index is 12.6. The second-order valence-electron chi connectivity index (χ2n) is 6.48. The minimum atomic E-state index is 0.128. The van der Waals surface area contributed by atoms with Gasteiger partial charge < -0.3 is 14.5 Å². The van der Waals surface area contributed by atoms with Gasteiger partial charge in [-0.05, 0) is 25.8 Å². The fraction of sp³-hybridized carbons (Fsp3) is 0.389. The normalized spacial score (nSPS) is 15.6. The summed E-state index contributed by atoms with van der Waals surface area (Å²) in [6, 6.07) is 1.87. The second kappa shape index (κ2) is 6.84. The van der Waals surface area contributed by atoms with E-state index in [1.54, 1.807) is 11.3 Å². The number of hydrogen-bond donors (Lipinski definition) is 1. The van der Waals surface area contributed by atoms with E-state index in [9.17, 15) is 4.79 Å². The van der Waals surface area contributed by atoms with E-state index in [1.807, 2.05) is 42.0 Å². The Morgan fingerprint density at radius 1 is 1.36 bits per heavy atom. The molecule has 6 nitrogen and oxygen atoms in total. The highest BCUT2D eigenvalue weighted by Crippen LogP contribution is 2.28. The summed E-state index contributed by atoms with van der Waals surface area (Å²) in [5, 5.41) is 2.07. The Kier molecular flexibility index (Phi) is 4.40. The number of thiazole rings is 1. The van der Waals surface area contributed by atoms with Gasteiger partial charge in [-0.25, -0.2) is 9.97 Å². The maximum absolute atomic E-state index is 12.6. The number of carbonyl (C=O) groups excluding carboxylic acids is 1. The van der Waals surface area contributed by atoms with Gasteiger partial charge in [-0.3, -0.25) is 4.79 Å². The summed E-state index contributed by atoms with van der Waals surface area (Å²) in [5.41, 5.74) is 4.65. The lowest BCUT2D eigenvalue weighted by atomic mass is 9.95. The second-order valence-corrected chi connectivity index (χ2v) is 7.19. The van der Waals surface area contributed by atoms with Crippen molar-refractivity contribution < 1.29 is 4.79 Å². The van der Waals surface area contributed by atoms with Gasteiger partial charge in [-0.2, -0.15) is 0 Å². The number of likely N-dealkylation sites (tertiary alicyclic amines) is 1. The minimum absolute atomic E-state index is 0.128. The molecule has 0 radical (unpaired) electrons. The third kappa shape index (κ3) is 3.24. The number of aryl methyl sites for hydroxylation is 1. The van der Waals surface area contributed by atoms with Gasteiger partial charge in [-0.15, -0.1) is 11.3 Å². The first-order valence-corrected chi connectivity index (χ1v) is 9.48. The van der Waals surface area contributed by atoms with E-state index in [-0.39, 0.29) is 5.91 Å². The van der Waals surface area contributed by atoms with Crippen LogP contribution in [-0.4, -0.2) is 43.4 Å². The highest BCUT2D eigenvalue weighted by atomic mass is 32.1. The quantitative estimate of drug-likeness (QED) is 0.782.